The molecule has 1 saturated carbocycles. The molecule has 0 bridgehead atoms. The monoisotopic (exact) mass is 543 g/mol. The third kappa shape index (κ3) is 6.51. The van der Waals surface area contributed by atoms with Crippen molar-refractivity contribution in [1.29, 1.82) is 0 Å². The highest BCUT2D eigenvalue weighted by Gasteiger charge is 2.42. The number of amides is 1. The predicted octanol–water partition coefficient (Wildman–Crippen LogP) is 3.39. The number of alkyl carbamates (subject to hydrolysis) is 1. The third-order valence-electron chi connectivity index (χ3n) is 6.85. The van der Waals surface area contributed by atoms with Crippen LogP contribution >= 0.6 is 0 Å². The van der Waals surface area contributed by atoms with Gasteiger partial charge in [-0.2, -0.15) is 0 Å². The number of carbonyl (C=O) groups is 1. The molecule has 3 atom stereocenters. The van der Waals surface area contributed by atoms with E-state index in [1.54, 1.807) is 51.2 Å². The molecule has 1 saturated heterocycles. The lowest BCUT2D eigenvalue weighted by molar-refractivity contribution is 0.0535. The lowest BCUT2D eigenvalue weighted by Gasteiger charge is -2.21. The molecular formula is C29H33N7O4. The summed E-state index contributed by atoms with van der Waals surface area (Å²) in [6.07, 6.45) is 2.99. The maximum absolute atomic E-state index is 11.8. The number of nitrogens with two attached hydrogens (primary N) is 1. The second kappa shape index (κ2) is 11.3. The van der Waals surface area contributed by atoms with Crippen molar-refractivity contribution >= 4 is 17.7 Å². The van der Waals surface area contributed by atoms with Gasteiger partial charge in [-0.3, -0.25) is 0 Å². The van der Waals surface area contributed by atoms with Crippen molar-refractivity contribution in [2.45, 2.75) is 45.3 Å². The number of para-hydroxylation sites is 1. The minimum atomic E-state index is -0.560. The van der Waals surface area contributed by atoms with Gasteiger partial charge in [0.15, 0.2) is 11.6 Å². The number of ether oxygens (including phenoxy) is 2. The SMILES string of the molecule is CC(C)(C)OC(=O)NCC#Cc1nccc(N2CC3CC(Oc4cc(-c5ccccc5O)nnc4N)C[C@@H]3C2)n1. The molecular weight excluding hydrogens is 510 g/mol. The summed E-state index contributed by atoms with van der Waals surface area (Å²) in [6.45, 7) is 7.29. The molecule has 5 rings (SSSR count). The average Bonchev–Trinajstić information content (AvgIpc) is 3.47. The van der Waals surface area contributed by atoms with Gasteiger partial charge < -0.3 is 30.5 Å². The summed E-state index contributed by atoms with van der Waals surface area (Å²) in [7, 11) is 0. The lowest BCUT2D eigenvalue weighted by Crippen LogP contribution is -2.32. The van der Waals surface area contributed by atoms with Gasteiger partial charge in [-0.25, -0.2) is 14.8 Å². The fourth-order valence-electron chi connectivity index (χ4n) is 5.15. The van der Waals surface area contributed by atoms with Crippen molar-refractivity contribution in [1.82, 2.24) is 25.5 Å². The third-order valence-corrected chi connectivity index (χ3v) is 6.85. The minimum Gasteiger partial charge on any atom is -0.507 e. The number of aromatic hydroxyl groups is 1. The number of fused-ring (bicyclic) bond motifs is 1. The molecule has 2 aliphatic rings. The van der Waals surface area contributed by atoms with Crippen LogP contribution in [-0.4, -0.2) is 62.7 Å². The first kappa shape index (κ1) is 27.0. The number of benzene rings is 1. The summed E-state index contributed by atoms with van der Waals surface area (Å²) in [4.78, 5) is 22.9. The fourth-order valence-corrected chi connectivity index (χ4v) is 5.15. The van der Waals surface area contributed by atoms with Crippen molar-refractivity contribution in [3.05, 3.63) is 48.4 Å². The highest BCUT2D eigenvalue weighted by Crippen LogP contribution is 2.42. The molecule has 0 spiro atoms. The predicted molar refractivity (Wildman–Crippen MR) is 150 cm³/mol. The highest BCUT2D eigenvalue weighted by molar-refractivity contribution is 5.69. The second-order valence-corrected chi connectivity index (χ2v) is 11.0. The maximum atomic E-state index is 11.8. The van der Waals surface area contributed by atoms with Gasteiger partial charge in [0.2, 0.25) is 5.82 Å². The van der Waals surface area contributed by atoms with E-state index in [0.717, 1.165) is 31.7 Å². The summed E-state index contributed by atoms with van der Waals surface area (Å²) in [5, 5.41) is 21.0. The number of phenolic OH excluding ortho intramolecular Hbond substituents is 1. The number of rotatable bonds is 5. The molecule has 1 aliphatic heterocycles. The molecule has 3 aromatic rings. The molecule has 11 heteroatoms. The van der Waals surface area contributed by atoms with E-state index in [4.69, 9.17) is 15.2 Å². The summed E-state index contributed by atoms with van der Waals surface area (Å²) in [5.74, 6) is 8.78. The van der Waals surface area contributed by atoms with Crippen LogP contribution in [0, 0.1) is 23.7 Å². The zero-order valence-electron chi connectivity index (χ0n) is 22.8. The Morgan fingerprint density at radius 1 is 1.18 bits per heavy atom. The van der Waals surface area contributed by atoms with Crippen molar-refractivity contribution in [3.63, 3.8) is 0 Å². The van der Waals surface area contributed by atoms with Crippen LogP contribution < -0.4 is 20.7 Å². The number of carbonyl (C=O) groups excluding carboxylic acids is 1. The summed E-state index contributed by atoms with van der Waals surface area (Å²) >= 11 is 0. The molecule has 40 heavy (non-hydrogen) atoms. The molecule has 1 aliphatic carbocycles. The van der Waals surface area contributed by atoms with Crippen LogP contribution in [0.25, 0.3) is 11.3 Å². The molecule has 2 fully saturated rings. The van der Waals surface area contributed by atoms with Crippen molar-refractivity contribution in [2.24, 2.45) is 11.8 Å². The Hall–Kier alpha value is -4.59. The van der Waals surface area contributed by atoms with Crippen LogP contribution in [0.5, 0.6) is 11.5 Å². The van der Waals surface area contributed by atoms with Crippen LogP contribution in [0.1, 0.15) is 39.4 Å². The molecule has 2 unspecified atom stereocenters. The molecule has 4 N–H and O–H groups in total. The Labute approximate surface area is 233 Å². The summed E-state index contributed by atoms with van der Waals surface area (Å²) in [6, 6.07) is 10.6. The summed E-state index contributed by atoms with van der Waals surface area (Å²) < 4.78 is 11.5. The number of hydrogen-bond acceptors (Lipinski definition) is 10. The standard InChI is InChI=1S/C29H33N7O4/c1-29(2,3)40-28(38)32-11-6-9-25-31-12-10-26(33-25)36-16-18-13-20(14-19(18)17-36)39-24-15-22(34-35-27(24)30)21-7-4-5-8-23(21)37/h4-5,7-8,10,12,15,18-20,37H,11,13-14,16-17H2,1-3H3,(H2,30,35)(H,32,38)/t18-,19?,20?/m1/s1. The number of phenols is 1. The normalized spacial score (nSPS) is 19.9. The second-order valence-electron chi connectivity index (χ2n) is 11.0. The van der Waals surface area contributed by atoms with E-state index in [2.05, 4.69) is 42.2 Å². The number of anilines is 2. The smallest absolute Gasteiger partial charge is 0.408 e. The van der Waals surface area contributed by atoms with E-state index in [0.29, 0.717) is 34.7 Å². The van der Waals surface area contributed by atoms with Crippen LogP contribution in [0.15, 0.2) is 42.6 Å². The van der Waals surface area contributed by atoms with E-state index < -0.39 is 11.7 Å². The Kier molecular flexibility index (Phi) is 7.60. The van der Waals surface area contributed by atoms with Crippen molar-refractivity contribution in [2.75, 3.05) is 30.3 Å². The van der Waals surface area contributed by atoms with Gasteiger partial charge in [0, 0.05) is 30.9 Å². The minimum absolute atomic E-state index is 0.0187. The molecule has 208 valence electrons. The van der Waals surface area contributed by atoms with Gasteiger partial charge in [0.05, 0.1) is 12.6 Å². The van der Waals surface area contributed by atoms with Crippen molar-refractivity contribution in [3.8, 4) is 34.6 Å². The van der Waals surface area contributed by atoms with Crippen LogP contribution in [0.2, 0.25) is 0 Å². The van der Waals surface area contributed by atoms with E-state index >= 15 is 0 Å². The van der Waals surface area contributed by atoms with Gasteiger partial charge in [0.25, 0.3) is 0 Å². The first-order valence-electron chi connectivity index (χ1n) is 13.3. The van der Waals surface area contributed by atoms with Crippen LogP contribution in [-0.2, 0) is 4.74 Å². The Balaban J connectivity index is 1.16. The number of hydrogen-bond donors (Lipinski definition) is 3. The number of nitrogens with zero attached hydrogens (tertiary/aromatic N) is 5. The van der Waals surface area contributed by atoms with Gasteiger partial charge in [-0.1, -0.05) is 18.1 Å². The quantitative estimate of drug-likeness (QED) is 0.409. The molecule has 2 aromatic heterocycles. The van der Waals surface area contributed by atoms with E-state index in [-0.39, 0.29) is 24.2 Å². The maximum Gasteiger partial charge on any atom is 0.408 e. The first-order chi connectivity index (χ1) is 19.1. The fraction of sp³-hybridized carbons (Fsp3) is 0.414. The van der Waals surface area contributed by atoms with Crippen LogP contribution in [0.4, 0.5) is 16.4 Å². The molecule has 0 radical (unpaired) electrons. The summed E-state index contributed by atoms with van der Waals surface area (Å²) in [5.41, 5.74) is 6.60. The zero-order chi connectivity index (χ0) is 28.3. The van der Waals surface area contributed by atoms with Crippen LogP contribution in [0.3, 0.4) is 0 Å². The number of nitrogen functional groups attached to an aromatic ring is 1. The first-order valence-corrected chi connectivity index (χ1v) is 13.3. The van der Waals surface area contributed by atoms with Gasteiger partial charge in [-0.15, -0.1) is 10.2 Å². The van der Waals surface area contributed by atoms with Gasteiger partial charge >= 0.3 is 6.09 Å². The van der Waals surface area contributed by atoms with E-state index in [1.807, 2.05) is 12.1 Å². The molecule has 11 nitrogen and oxygen atoms in total. The number of nitrogens with one attached hydrogen (secondary N) is 1. The van der Waals surface area contributed by atoms with Crippen molar-refractivity contribution < 1.29 is 19.4 Å². The highest BCUT2D eigenvalue weighted by atomic mass is 16.6. The topological polar surface area (TPSA) is 149 Å². The largest absolute Gasteiger partial charge is 0.507 e. The van der Waals surface area contributed by atoms with Gasteiger partial charge in [0.1, 0.15) is 22.9 Å². The molecule has 3 heterocycles. The Morgan fingerprint density at radius 3 is 2.65 bits per heavy atom. The number of aromatic nitrogens is 4. The average molecular weight is 544 g/mol. The Bertz CT molecular complexity index is 1430. The molecule has 1 aromatic carbocycles. The van der Waals surface area contributed by atoms with E-state index in [1.165, 1.54) is 0 Å². The van der Waals surface area contributed by atoms with Gasteiger partial charge in [-0.05, 0) is 69.6 Å². The van der Waals surface area contributed by atoms with E-state index in [9.17, 15) is 9.90 Å². The molecule has 1 amide bonds. The Morgan fingerprint density at radius 2 is 1.93 bits per heavy atom. The zero-order valence-corrected chi connectivity index (χ0v) is 22.8. The lowest BCUT2D eigenvalue weighted by atomic mass is 10.0.